The topological polar surface area (TPSA) is 44.7 Å². The van der Waals surface area contributed by atoms with E-state index < -0.39 is 0 Å². The summed E-state index contributed by atoms with van der Waals surface area (Å²) in [6.07, 6.45) is 5.59. The Kier molecular flexibility index (Phi) is 7.80. The predicted octanol–water partition coefficient (Wildman–Crippen LogP) is 5.36. The van der Waals surface area contributed by atoms with Crippen molar-refractivity contribution in [1.82, 2.24) is 19.8 Å². The molecule has 1 fully saturated rings. The van der Waals surface area contributed by atoms with E-state index in [0.717, 1.165) is 61.6 Å². The van der Waals surface area contributed by atoms with Gasteiger partial charge in [-0.15, -0.1) is 0 Å². The number of piperazine rings is 1. The van der Waals surface area contributed by atoms with Crippen molar-refractivity contribution in [3.8, 4) is 5.75 Å². The monoisotopic (exact) mass is 545 g/mol. The first-order valence-electron chi connectivity index (χ1n) is 12.3. The van der Waals surface area contributed by atoms with E-state index in [1.807, 2.05) is 30.7 Å². The van der Waals surface area contributed by atoms with Crippen molar-refractivity contribution in [2.75, 3.05) is 45.2 Å². The fraction of sp³-hybridized carbons (Fsp3) is 0.310. The number of hydrogen-bond acceptors (Lipinski definition) is 6. The van der Waals surface area contributed by atoms with Crippen molar-refractivity contribution < 1.29 is 4.74 Å². The maximum atomic E-state index is 5.90. The molecule has 4 aromatic rings. The van der Waals surface area contributed by atoms with Crippen LogP contribution in [0.25, 0.3) is 10.9 Å². The summed E-state index contributed by atoms with van der Waals surface area (Å²) < 4.78 is 7.02. The van der Waals surface area contributed by atoms with E-state index in [9.17, 15) is 0 Å². The number of pyridine rings is 2. The highest BCUT2D eigenvalue weighted by Crippen LogP contribution is 2.33. The van der Waals surface area contributed by atoms with E-state index in [1.165, 1.54) is 27.8 Å². The van der Waals surface area contributed by atoms with Gasteiger partial charge in [-0.1, -0.05) is 28.1 Å². The Morgan fingerprint density at radius 1 is 0.944 bits per heavy atom. The molecule has 0 radical (unpaired) electrons. The number of aromatic nitrogens is 2. The van der Waals surface area contributed by atoms with E-state index in [0.29, 0.717) is 0 Å². The molecule has 0 saturated carbocycles. The summed E-state index contributed by atoms with van der Waals surface area (Å²) in [5.74, 6) is 0.868. The lowest BCUT2D eigenvalue weighted by Crippen LogP contribution is -2.46. The van der Waals surface area contributed by atoms with Crippen LogP contribution < -0.4 is 9.64 Å². The maximum Gasteiger partial charge on any atom is 0.149 e. The second-order valence-electron chi connectivity index (χ2n) is 9.40. The zero-order valence-electron chi connectivity index (χ0n) is 20.9. The molecule has 36 heavy (non-hydrogen) atoms. The van der Waals surface area contributed by atoms with Crippen LogP contribution in [0.4, 0.5) is 5.69 Å². The number of rotatable bonds is 8. The number of nitrogens with zero attached hydrogens (tertiary/aromatic N) is 5. The van der Waals surface area contributed by atoms with E-state index in [-0.39, 0.29) is 0 Å². The molecule has 0 unspecified atom stereocenters. The standard InChI is InChI=1S/C29H32BrN5O/c1-33(19-22-5-3-11-31-18-22)20-24-17-23(27-6-4-12-32-28(27)29(24)36-2)21-34-13-15-35(16-14-34)26-9-7-25(30)8-10-26/h3-12,17-18H,13-16,19-21H2,1-2H3. The molecule has 0 aliphatic carbocycles. The number of methoxy groups -OCH3 is 1. The van der Waals surface area contributed by atoms with Crippen molar-refractivity contribution in [2.24, 2.45) is 0 Å². The molecule has 1 aliphatic rings. The van der Waals surface area contributed by atoms with Gasteiger partial charge in [0.25, 0.3) is 0 Å². The third kappa shape index (κ3) is 5.69. The minimum atomic E-state index is 0.773. The lowest BCUT2D eigenvalue weighted by molar-refractivity contribution is 0.250. The zero-order valence-corrected chi connectivity index (χ0v) is 22.5. The van der Waals surface area contributed by atoms with Crippen LogP contribution in [0.2, 0.25) is 0 Å². The number of fused-ring (bicyclic) bond motifs is 1. The first kappa shape index (κ1) is 24.7. The largest absolute Gasteiger partial charge is 0.494 e. The summed E-state index contributed by atoms with van der Waals surface area (Å²) in [5, 5.41) is 1.17. The highest BCUT2D eigenvalue weighted by atomic mass is 79.9. The molecular weight excluding hydrogens is 514 g/mol. The first-order chi connectivity index (χ1) is 17.6. The molecule has 1 saturated heterocycles. The van der Waals surface area contributed by atoms with Gasteiger partial charge in [0.05, 0.1) is 7.11 Å². The molecule has 1 aliphatic heterocycles. The third-order valence-electron chi connectivity index (χ3n) is 6.79. The molecule has 0 amide bonds. The minimum absolute atomic E-state index is 0.773. The van der Waals surface area contributed by atoms with Crippen LogP contribution >= 0.6 is 15.9 Å². The average molecular weight is 547 g/mol. The van der Waals surface area contributed by atoms with Crippen LogP contribution in [0.5, 0.6) is 5.75 Å². The molecule has 0 bridgehead atoms. The molecular formula is C29H32BrN5O. The van der Waals surface area contributed by atoms with E-state index in [2.05, 4.69) is 85.1 Å². The average Bonchev–Trinajstić information content (AvgIpc) is 2.90. The molecule has 186 valence electrons. The van der Waals surface area contributed by atoms with Crippen molar-refractivity contribution in [3.05, 3.63) is 94.4 Å². The van der Waals surface area contributed by atoms with Crippen molar-refractivity contribution in [3.63, 3.8) is 0 Å². The van der Waals surface area contributed by atoms with Gasteiger partial charge in [0.15, 0.2) is 0 Å². The SMILES string of the molecule is COc1c(CN(C)Cc2cccnc2)cc(CN2CCN(c3ccc(Br)cc3)CC2)c2cccnc12. The minimum Gasteiger partial charge on any atom is -0.494 e. The van der Waals surface area contributed by atoms with Gasteiger partial charge in [-0.2, -0.15) is 0 Å². The Morgan fingerprint density at radius 2 is 1.72 bits per heavy atom. The van der Waals surface area contributed by atoms with Crippen molar-refractivity contribution >= 4 is 32.5 Å². The quantitative estimate of drug-likeness (QED) is 0.297. The molecule has 0 N–H and O–H groups in total. The van der Waals surface area contributed by atoms with E-state index >= 15 is 0 Å². The summed E-state index contributed by atoms with van der Waals surface area (Å²) in [7, 11) is 3.88. The molecule has 6 nitrogen and oxygen atoms in total. The van der Waals surface area contributed by atoms with Gasteiger partial charge in [-0.05, 0) is 60.6 Å². The van der Waals surface area contributed by atoms with Crippen LogP contribution in [0, 0.1) is 0 Å². The van der Waals surface area contributed by atoms with Crippen LogP contribution in [-0.4, -0.2) is 60.1 Å². The molecule has 3 heterocycles. The van der Waals surface area contributed by atoms with Gasteiger partial charge in [0.1, 0.15) is 11.3 Å². The second kappa shape index (κ2) is 11.4. The van der Waals surface area contributed by atoms with Gasteiger partial charge in [-0.25, -0.2) is 0 Å². The molecule has 5 rings (SSSR count). The Morgan fingerprint density at radius 3 is 2.44 bits per heavy atom. The maximum absolute atomic E-state index is 5.90. The van der Waals surface area contributed by atoms with Crippen LogP contribution in [0.15, 0.2) is 77.7 Å². The van der Waals surface area contributed by atoms with Gasteiger partial charge in [-0.3, -0.25) is 19.8 Å². The smallest absolute Gasteiger partial charge is 0.149 e. The summed E-state index contributed by atoms with van der Waals surface area (Å²) in [5.41, 5.74) is 5.90. The molecule has 0 atom stereocenters. The second-order valence-corrected chi connectivity index (χ2v) is 10.3. The fourth-order valence-electron chi connectivity index (χ4n) is 5.03. The predicted molar refractivity (Wildman–Crippen MR) is 149 cm³/mol. The lowest BCUT2D eigenvalue weighted by atomic mass is 10.0. The van der Waals surface area contributed by atoms with Crippen LogP contribution in [0.1, 0.15) is 16.7 Å². The number of benzene rings is 2. The first-order valence-corrected chi connectivity index (χ1v) is 13.1. The van der Waals surface area contributed by atoms with Gasteiger partial charge < -0.3 is 9.64 Å². The van der Waals surface area contributed by atoms with Crippen LogP contribution in [-0.2, 0) is 19.6 Å². The zero-order chi connectivity index (χ0) is 24.9. The highest BCUT2D eigenvalue weighted by molar-refractivity contribution is 9.10. The van der Waals surface area contributed by atoms with Gasteiger partial charge in [0.2, 0.25) is 0 Å². The van der Waals surface area contributed by atoms with E-state index in [4.69, 9.17) is 9.72 Å². The number of halogens is 1. The van der Waals surface area contributed by atoms with Gasteiger partial charge >= 0.3 is 0 Å². The van der Waals surface area contributed by atoms with E-state index in [1.54, 1.807) is 7.11 Å². The van der Waals surface area contributed by atoms with Crippen molar-refractivity contribution in [2.45, 2.75) is 19.6 Å². The Bertz CT molecular complexity index is 1290. The number of ether oxygens (including phenoxy) is 1. The van der Waals surface area contributed by atoms with Crippen LogP contribution in [0.3, 0.4) is 0 Å². The highest BCUT2D eigenvalue weighted by Gasteiger charge is 2.21. The summed E-state index contributed by atoms with van der Waals surface area (Å²) >= 11 is 3.54. The normalized spacial score (nSPS) is 14.5. The van der Waals surface area contributed by atoms with Crippen molar-refractivity contribution in [1.29, 1.82) is 0 Å². The summed E-state index contributed by atoms with van der Waals surface area (Å²) in [6.45, 7) is 6.60. The molecule has 0 spiro atoms. The summed E-state index contributed by atoms with van der Waals surface area (Å²) in [6, 6.07) is 19.2. The number of hydrogen-bond donors (Lipinski definition) is 0. The third-order valence-corrected chi connectivity index (χ3v) is 7.32. The van der Waals surface area contributed by atoms with Gasteiger partial charge in [0, 0.05) is 85.5 Å². The Labute approximate surface area is 221 Å². The Hall–Kier alpha value is -3.00. The molecule has 2 aromatic carbocycles. The Balaban J connectivity index is 1.35. The summed E-state index contributed by atoms with van der Waals surface area (Å²) in [4.78, 5) is 16.3. The fourth-order valence-corrected chi connectivity index (χ4v) is 5.30. The molecule has 2 aromatic heterocycles. The number of anilines is 1. The molecule has 7 heteroatoms. The lowest BCUT2D eigenvalue weighted by Gasteiger charge is -2.36.